The molecule has 2 N–H and O–H groups in total. The number of carboxylic acid groups (broad SMARTS) is 1. The van der Waals surface area contributed by atoms with Crippen molar-refractivity contribution in [2.24, 2.45) is 0 Å². The summed E-state index contributed by atoms with van der Waals surface area (Å²) >= 11 is 1.63. The van der Waals surface area contributed by atoms with Crippen molar-refractivity contribution in [2.45, 2.75) is 19.4 Å². The molecule has 0 aromatic heterocycles. The lowest BCUT2D eigenvalue weighted by atomic mass is 10.1. The molecule has 1 aromatic carbocycles. The number of carbonyl (C=O) groups excluding carboxylic acids is 1. The number of amides is 1. The summed E-state index contributed by atoms with van der Waals surface area (Å²) < 4.78 is 10.3. The lowest BCUT2D eigenvalue weighted by molar-refractivity contribution is -0.139. The summed E-state index contributed by atoms with van der Waals surface area (Å²) in [4.78, 5) is 23.7. The van der Waals surface area contributed by atoms with E-state index in [0.29, 0.717) is 23.7 Å². The molecule has 0 aliphatic rings. The average Bonchev–Trinajstić information content (AvgIpc) is 2.52. The highest BCUT2D eigenvalue weighted by molar-refractivity contribution is 7.99. The molecule has 0 aliphatic heterocycles. The zero-order valence-corrected chi connectivity index (χ0v) is 13.7. The van der Waals surface area contributed by atoms with Gasteiger partial charge in [0.15, 0.2) is 0 Å². The lowest BCUT2D eigenvalue weighted by Gasteiger charge is -2.17. The quantitative estimate of drug-likeness (QED) is 0.675. The number of aliphatic carboxylic acids is 1. The second-order valence-corrected chi connectivity index (χ2v) is 5.78. The van der Waals surface area contributed by atoms with E-state index in [-0.39, 0.29) is 5.56 Å². The van der Waals surface area contributed by atoms with Crippen molar-refractivity contribution in [2.75, 3.05) is 25.7 Å². The van der Waals surface area contributed by atoms with Crippen LogP contribution in [0.15, 0.2) is 18.2 Å². The van der Waals surface area contributed by atoms with Crippen LogP contribution in [0.3, 0.4) is 0 Å². The van der Waals surface area contributed by atoms with Crippen LogP contribution in [0, 0.1) is 0 Å². The monoisotopic (exact) mass is 327 g/mol. The van der Waals surface area contributed by atoms with E-state index in [0.717, 1.165) is 5.75 Å². The zero-order valence-electron chi connectivity index (χ0n) is 12.9. The second-order valence-electron chi connectivity index (χ2n) is 4.39. The first-order valence-electron chi connectivity index (χ1n) is 6.87. The highest BCUT2D eigenvalue weighted by Gasteiger charge is 2.24. The lowest BCUT2D eigenvalue weighted by Crippen LogP contribution is -2.41. The third kappa shape index (κ3) is 4.84. The van der Waals surface area contributed by atoms with E-state index in [4.69, 9.17) is 9.47 Å². The van der Waals surface area contributed by atoms with Gasteiger partial charge >= 0.3 is 5.97 Å². The van der Waals surface area contributed by atoms with Gasteiger partial charge in [0.05, 0.1) is 14.2 Å². The van der Waals surface area contributed by atoms with E-state index in [1.54, 1.807) is 30.0 Å². The maximum absolute atomic E-state index is 12.4. The van der Waals surface area contributed by atoms with Crippen LogP contribution in [0.1, 0.15) is 23.7 Å². The van der Waals surface area contributed by atoms with Crippen LogP contribution < -0.4 is 14.8 Å². The highest BCUT2D eigenvalue weighted by Crippen LogP contribution is 2.28. The molecule has 0 saturated carbocycles. The van der Waals surface area contributed by atoms with Crippen molar-refractivity contribution in [1.82, 2.24) is 5.32 Å². The fourth-order valence-corrected chi connectivity index (χ4v) is 2.60. The summed E-state index contributed by atoms with van der Waals surface area (Å²) in [7, 11) is 2.89. The molecule has 22 heavy (non-hydrogen) atoms. The van der Waals surface area contributed by atoms with Gasteiger partial charge in [0, 0.05) is 0 Å². The molecule has 0 fully saturated rings. The molecule has 6 nitrogen and oxygen atoms in total. The van der Waals surface area contributed by atoms with Crippen LogP contribution in [0.5, 0.6) is 11.5 Å². The molecule has 1 aromatic rings. The molecule has 1 rings (SSSR count). The number of carboxylic acids is 1. The van der Waals surface area contributed by atoms with Crippen molar-refractivity contribution in [3.63, 3.8) is 0 Å². The molecular weight excluding hydrogens is 306 g/mol. The standard InChI is InChI=1S/C15H21NO5S/c1-4-22-9-8-10(15(18)19)16-14(17)13-11(20-2)6-5-7-12(13)21-3/h5-7,10H,4,8-9H2,1-3H3,(H,16,17)(H,18,19). The van der Waals surface area contributed by atoms with Crippen molar-refractivity contribution >= 4 is 23.6 Å². The fraction of sp³-hybridized carbons (Fsp3) is 0.467. The van der Waals surface area contributed by atoms with E-state index >= 15 is 0 Å². The van der Waals surface area contributed by atoms with E-state index < -0.39 is 17.9 Å². The summed E-state index contributed by atoms with van der Waals surface area (Å²) in [6.45, 7) is 2.00. The van der Waals surface area contributed by atoms with Gasteiger partial charge in [0.2, 0.25) is 0 Å². The van der Waals surface area contributed by atoms with Gasteiger partial charge in [-0.3, -0.25) is 4.79 Å². The molecule has 0 aliphatic carbocycles. The zero-order chi connectivity index (χ0) is 16.5. The van der Waals surface area contributed by atoms with Crippen LogP contribution in [0.2, 0.25) is 0 Å². The average molecular weight is 327 g/mol. The third-order valence-electron chi connectivity index (χ3n) is 3.01. The third-order valence-corrected chi connectivity index (χ3v) is 3.95. The number of hydrogen-bond acceptors (Lipinski definition) is 5. The Hall–Kier alpha value is -1.89. The number of thioether (sulfide) groups is 1. The van der Waals surface area contributed by atoms with Crippen LogP contribution in [-0.4, -0.2) is 48.8 Å². The Kier molecular flexibility index (Phi) is 7.59. The minimum atomic E-state index is -1.06. The van der Waals surface area contributed by atoms with Crippen LogP contribution in [0.25, 0.3) is 0 Å². The summed E-state index contributed by atoms with van der Waals surface area (Å²) in [5, 5.41) is 11.8. The molecule has 1 atom stereocenters. The smallest absolute Gasteiger partial charge is 0.326 e. The van der Waals surface area contributed by atoms with Gasteiger partial charge in [-0.1, -0.05) is 13.0 Å². The molecule has 122 valence electrons. The number of hydrogen-bond donors (Lipinski definition) is 2. The predicted molar refractivity (Wildman–Crippen MR) is 86.1 cm³/mol. The Bertz CT molecular complexity index is 498. The number of nitrogens with one attached hydrogen (secondary N) is 1. The number of benzene rings is 1. The summed E-state index contributed by atoms with van der Waals surface area (Å²) in [6, 6.07) is 4.00. The van der Waals surface area contributed by atoms with Crippen LogP contribution in [-0.2, 0) is 4.79 Å². The van der Waals surface area contributed by atoms with E-state index in [2.05, 4.69) is 5.32 Å². The Morgan fingerprint density at radius 2 is 1.86 bits per heavy atom. The van der Waals surface area contributed by atoms with Crippen LogP contribution >= 0.6 is 11.8 Å². The van der Waals surface area contributed by atoms with Crippen molar-refractivity contribution in [1.29, 1.82) is 0 Å². The molecule has 0 bridgehead atoms. The van der Waals surface area contributed by atoms with E-state index in [1.807, 2.05) is 6.92 Å². The normalized spacial score (nSPS) is 11.6. The van der Waals surface area contributed by atoms with E-state index in [9.17, 15) is 14.7 Å². The van der Waals surface area contributed by atoms with Crippen molar-refractivity contribution < 1.29 is 24.2 Å². The Labute approximate surface area is 134 Å². The molecule has 1 unspecified atom stereocenters. The first kappa shape index (κ1) is 18.2. The fourth-order valence-electron chi connectivity index (χ4n) is 1.91. The Morgan fingerprint density at radius 1 is 1.27 bits per heavy atom. The molecule has 7 heteroatoms. The minimum absolute atomic E-state index is 0.196. The predicted octanol–water partition coefficient (Wildman–Crippen LogP) is 2.03. The second kappa shape index (κ2) is 9.19. The molecule has 0 heterocycles. The summed E-state index contributed by atoms with van der Waals surface area (Å²) in [5.41, 5.74) is 0.196. The maximum Gasteiger partial charge on any atom is 0.326 e. The van der Waals surface area contributed by atoms with Gasteiger partial charge in [-0.2, -0.15) is 11.8 Å². The topological polar surface area (TPSA) is 84.9 Å². The number of rotatable bonds is 9. The van der Waals surface area contributed by atoms with Gasteiger partial charge < -0.3 is 19.9 Å². The first-order chi connectivity index (χ1) is 10.5. The van der Waals surface area contributed by atoms with Gasteiger partial charge in [-0.25, -0.2) is 4.79 Å². The summed E-state index contributed by atoms with van der Waals surface area (Å²) in [6.07, 6.45) is 0.358. The van der Waals surface area contributed by atoms with Crippen LogP contribution in [0.4, 0.5) is 0 Å². The molecular formula is C15H21NO5S. The van der Waals surface area contributed by atoms with Gasteiger partial charge in [-0.05, 0) is 30.1 Å². The largest absolute Gasteiger partial charge is 0.496 e. The highest BCUT2D eigenvalue weighted by atomic mass is 32.2. The molecule has 0 saturated heterocycles. The SMILES string of the molecule is CCSCCC(NC(=O)c1c(OC)cccc1OC)C(=O)O. The Morgan fingerprint density at radius 3 is 2.32 bits per heavy atom. The van der Waals surface area contributed by atoms with Crippen molar-refractivity contribution in [3.05, 3.63) is 23.8 Å². The number of ether oxygens (including phenoxy) is 2. The van der Waals surface area contributed by atoms with Gasteiger partial charge in [-0.15, -0.1) is 0 Å². The number of methoxy groups -OCH3 is 2. The Balaban J connectivity index is 2.92. The molecule has 1 amide bonds. The van der Waals surface area contributed by atoms with Gasteiger partial charge in [0.1, 0.15) is 23.1 Å². The summed E-state index contributed by atoms with van der Waals surface area (Å²) in [5.74, 6) is 0.659. The minimum Gasteiger partial charge on any atom is -0.496 e. The van der Waals surface area contributed by atoms with E-state index in [1.165, 1.54) is 14.2 Å². The first-order valence-corrected chi connectivity index (χ1v) is 8.03. The maximum atomic E-state index is 12.4. The van der Waals surface area contributed by atoms with Crippen molar-refractivity contribution in [3.8, 4) is 11.5 Å². The number of carbonyl (C=O) groups is 2. The van der Waals surface area contributed by atoms with Gasteiger partial charge in [0.25, 0.3) is 5.91 Å². The molecule has 0 spiro atoms. The molecule has 0 radical (unpaired) electrons.